The number of ether oxygens (including phenoxy) is 1. The van der Waals surface area contributed by atoms with Crippen LogP contribution in [-0.2, 0) is 6.61 Å². The van der Waals surface area contributed by atoms with E-state index in [2.05, 4.69) is 31.9 Å². The minimum atomic E-state index is -4.24. The highest BCUT2D eigenvalue weighted by Crippen LogP contribution is 2.35. The summed E-state index contributed by atoms with van der Waals surface area (Å²) in [5.41, 5.74) is -3.57. The van der Waals surface area contributed by atoms with E-state index in [1.807, 2.05) is 0 Å². The quantitative estimate of drug-likeness (QED) is 0.733. The smallest absolute Gasteiger partial charge is 0.441 e. The van der Waals surface area contributed by atoms with Crippen molar-refractivity contribution in [2.75, 3.05) is 12.4 Å². The fourth-order valence-corrected chi connectivity index (χ4v) is 3.05. The van der Waals surface area contributed by atoms with Gasteiger partial charge < -0.3 is 9.84 Å². The molecule has 1 aromatic carbocycles. The molecule has 0 saturated heterocycles. The van der Waals surface area contributed by atoms with Crippen LogP contribution in [0.2, 0.25) is 0 Å². The largest absolute Gasteiger partial charge is 0.490 e. The Morgan fingerprint density at radius 2 is 1.78 bits per heavy atom. The third-order valence-electron chi connectivity index (χ3n) is 1.84. The molecule has 0 unspecified atom stereocenters. The van der Waals surface area contributed by atoms with E-state index >= 15 is 0 Å². The van der Waals surface area contributed by atoms with Gasteiger partial charge in [-0.3, -0.25) is 0 Å². The van der Waals surface area contributed by atoms with Crippen LogP contribution in [0.25, 0.3) is 0 Å². The van der Waals surface area contributed by atoms with E-state index in [9.17, 15) is 13.2 Å². The number of hydrogen-bond acceptors (Lipinski definition) is 3. The number of rotatable bonds is 5. The lowest BCUT2D eigenvalue weighted by Crippen LogP contribution is -2.08. The van der Waals surface area contributed by atoms with Gasteiger partial charge >= 0.3 is 5.51 Å². The topological polar surface area (TPSA) is 29.5 Å². The van der Waals surface area contributed by atoms with Crippen molar-refractivity contribution in [2.45, 2.75) is 12.1 Å². The van der Waals surface area contributed by atoms with Crippen molar-refractivity contribution >= 4 is 43.6 Å². The summed E-state index contributed by atoms with van der Waals surface area (Å²) in [5.74, 6) is 0.249. The highest BCUT2D eigenvalue weighted by atomic mass is 79.9. The van der Waals surface area contributed by atoms with Crippen LogP contribution in [0, 0.1) is 0 Å². The van der Waals surface area contributed by atoms with E-state index in [1.165, 1.54) is 0 Å². The first-order chi connectivity index (χ1) is 8.33. The molecule has 18 heavy (non-hydrogen) atoms. The summed E-state index contributed by atoms with van der Waals surface area (Å²) in [4.78, 5) is 0. The van der Waals surface area contributed by atoms with Gasteiger partial charge in [-0.1, -0.05) is 0 Å². The number of hydrogen-bond donors (Lipinski definition) is 1. The van der Waals surface area contributed by atoms with Crippen LogP contribution < -0.4 is 4.74 Å². The maximum atomic E-state index is 11.9. The molecule has 2 nitrogen and oxygen atoms in total. The molecule has 0 heterocycles. The molecular weight excluding hydrogens is 401 g/mol. The van der Waals surface area contributed by atoms with Crippen LogP contribution >= 0.6 is 43.6 Å². The van der Waals surface area contributed by atoms with Crippen molar-refractivity contribution in [3.05, 3.63) is 26.6 Å². The molecule has 0 aromatic heterocycles. The van der Waals surface area contributed by atoms with Gasteiger partial charge in [0.25, 0.3) is 0 Å². The number of aliphatic hydroxyl groups excluding tert-OH is 1. The van der Waals surface area contributed by atoms with Crippen LogP contribution in [0.1, 0.15) is 5.56 Å². The van der Waals surface area contributed by atoms with Gasteiger partial charge in [-0.2, -0.15) is 13.2 Å². The van der Waals surface area contributed by atoms with Gasteiger partial charge in [0.1, 0.15) is 5.75 Å². The Morgan fingerprint density at radius 3 is 2.22 bits per heavy atom. The first kappa shape index (κ1) is 16.1. The number of alkyl halides is 3. The van der Waals surface area contributed by atoms with Gasteiger partial charge in [0.2, 0.25) is 0 Å². The average Bonchev–Trinajstić information content (AvgIpc) is 2.25. The molecule has 8 heteroatoms. The second-order valence-electron chi connectivity index (χ2n) is 3.19. The standard InChI is InChI=1S/C10H9Br2F3O2S/c11-7-3-6(5-16)4-8(12)9(7)17-1-2-18-10(13,14)15/h3-4,16H,1-2,5H2. The number of aliphatic hydroxyl groups is 1. The zero-order valence-corrected chi connectivity index (χ0v) is 12.9. The van der Waals surface area contributed by atoms with E-state index in [0.29, 0.717) is 20.3 Å². The van der Waals surface area contributed by atoms with E-state index in [1.54, 1.807) is 12.1 Å². The Balaban J connectivity index is 2.57. The van der Waals surface area contributed by atoms with Crippen LogP contribution in [0.3, 0.4) is 0 Å². The molecule has 0 atom stereocenters. The van der Waals surface area contributed by atoms with E-state index in [-0.39, 0.29) is 30.7 Å². The zero-order valence-electron chi connectivity index (χ0n) is 8.93. The molecule has 0 spiro atoms. The summed E-state index contributed by atoms with van der Waals surface area (Å²) in [6.45, 7) is -0.179. The lowest BCUT2D eigenvalue weighted by Gasteiger charge is -2.12. The van der Waals surface area contributed by atoms with Gasteiger partial charge in [0.05, 0.1) is 22.2 Å². The maximum Gasteiger partial charge on any atom is 0.441 e. The Hall–Kier alpha value is 0.0800. The first-order valence-electron chi connectivity index (χ1n) is 4.75. The van der Waals surface area contributed by atoms with Crippen molar-refractivity contribution in [1.82, 2.24) is 0 Å². The van der Waals surface area contributed by atoms with E-state index < -0.39 is 5.51 Å². The number of benzene rings is 1. The van der Waals surface area contributed by atoms with Gasteiger partial charge in [0.15, 0.2) is 0 Å². The van der Waals surface area contributed by atoms with Gasteiger partial charge in [-0.15, -0.1) is 0 Å². The zero-order chi connectivity index (χ0) is 13.8. The highest BCUT2D eigenvalue weighted by Gasteiger charge is 2.27. The second-order valence-corrected chi connectivity index (χ2v) is 6.06. The van der Waals surface area contributed by atoms with Crippen molar-refractivity contribution in [2.24, 2.45) is 0 Å². The summed E-state index contributed by atoms with van der Waals surface area (Å²) in [7, 11) is 0. The van der Waals surface area contributed by atoms with Crippen LogP contribution in [-0.4, -0.2) is 23.0 Å². The van der Waals surface area contributed by atoms with Gasteiger partial charge in [-0.25, -0.2) is 0 Å². The van der Waals surface area contributed by atoms with Crippen LogP contribution in [0.4, 0.5) is 13.2 Å². The molecule has 0 aliphatic rings. The molecule has 1 N–H and O–H groups in total. The number of halogens is 5. The molecule has 0 bridgehead atoms. The lowest BCUT2D eigenvalue weighted by molar-refractivity contribution is -0.0329. The Kier molecular flexibility index (Phi) is 6.29. The Morgan fingerprint density at radius 1 is 1.22 bits per heavy atom. The predicted molar refractivity (Wildman–Crippen MR) is 71.8 cm³/mol. The average molecular weight is 410 g/mol. The molecule has 0 saturated carbocycles. The Bertz CT molecular complexity index is 390. The van der Waals surface area contributed by atoms with Crippen LogP contribution in [0.15, 0.2) is 21.1 Å². The lowest BCUT2D eigenvalue weighted by atomic mass is 10.2. The fraction of sp³-hybridized carbons (Fsp3) is 0.400. The summed E-state index contributed by atoms with van der Waals surface area (Å²) in [6, 6.07) is 3.30. The highest BCUT2D eigenvalue weighted by molar-refractivity contribution is 9.11. The fourth-order valence-electron chi connectivity index (χ4n) is 1.14. The molecule has 102 valence electrons. The second kappa shape index (κ2) is 7.02. The van der Waals surface area contributed by atoms with Crippen molar-refractivity contribution in [1.29, 1.82) is 0 Å². The van der Waals surface area contributed by atoms with Crippen LogP contribution in [0.5, 0.6) is 5.75 Å². The molecule has 0 aliphatic heterocycles. The molecule has 0 radical (unpaired) electrons. The summed E-state index contributed by atoms with van der Waals surface area (Å²) >= 11 is 6.35. The molecule has 0 fully saturated rings. The maximum absolute atomic E-state index is 11.9. The summed E-state index contributed by atoms with van der Waals surface area (Å²) in [5, 5.41) is 8.97. The summed E-state index contributed by atoms with van der Waals surface area (Å²) < 4.78 is 42.1. The molecule has 1 rings (SSSR count). The van der Waals surface area contributed by atoms with E-state index in [0.717, 1.165) is 0 Å². The summed E-state index contributed by atoms with van der Waals surface area (Å²) in [6.07, 6.45) is 0. The van der Waals surface area contributed by atoms with Gasteiger partial charge in [-0.05, 0) is 61.3 Å². The SMILES string of the molecule is OCc1cc(Br)c(OCCSC(F)(F)F)c(Br)c1. The van der Waals surface area contributed by atoms with Gasteiger partial charge in [0, 0.05) is 5.75 Å². The minimum Gasteiger partial charge on any atom is -0.490 e. The minimum absolute atomic E-state index is 0.0557. The monoisotopic (exact) mass is 408 g/mol. The molecule has 0 amide bonds. The first-order valence-corrected chi connectivity index (χ1v) is 7.33. The predicted octanol–water partition coefficient (Wildman–Crippen LogP) is 4.34. The molecule has 1 aromatic rings. The third kappa shape index (κ3) is 5.38. The normalized spacial score (nSPS) is 11.7. The molecular formula is C10H9Br2F3O2S. The molecule has 0 aliphatic carbocycles. The Labute approximate surface area is 123 Å². The van der Waals surface area contributed by atoms with Crippen molar-refractivity contribution < 1.29 is 23.0 Å². The van der Waals surface area contributed by atoms with E-state index in [4.69, 9.17) is 9.84 Å². The third-order valence-corrected chi connectivity index (χ3v) is 3.71. The van der Waals surface area contributed by atoms with Crippen molar-refractivity contribution in [3.63, 3.8) is 0 Å². The number of thioether (sulfide) groups is 1. The van der Waals surface area contributed by atoms with Crippen molar-refractivity contribution in [3.8, 4) is 5.75 Å².